The fraction of sp³-hybridized carbons (Fsp3) is 0.625. The lowest BCUT2D eigenvalue weighted by Crippen LogP contribution is -2.32. The van der Waals surface area contributed by atoms with E-state index in [0.29, 0.717) is 23.8 Å². The third-order valence-electron chi connectivity index (χ3n) is 3.46. The number of rotatable bonds is 4. The van der Waals surface area contributed by atoms with Crippen molar-refractivity contribution in [1.29, 1.82) is 0 Å². The molecule has 1 aliphatic rings. The molecule has 1 unspecified atom stereocenters. The Morgan fingerprint density at radius 3 is 2.59 bits per heavy atom. The van der Waals surface area contributed by atoms with E-state index in [1.165, 1.54) is 11.3 Å². The minimum absolute atomic E-state index is 0.0856. The van der Waals surface area contributed by atoms with Gasteiger partial charge < -0.3 is 25.3 Å². The van der Waals surface area contributed by atoms with Crippen LogP contribution < -0.4 is 15.8 Å². The molecule has 0 radical (unpaired) electrons. The maximum absolute atomic E-state index is 12.5. The van der Waals surface area contributed by atoms with Crippen LogP contribution in [0.2, 0.25) is 0 Å². The Labute approximate surface area is 176 Å². The van der Waals surface area contributed by atoms with E-state index in [0.717, 1.165) is 4.88 Å². The maximum Gasteiger partial charge on any atom is 0.407 e. The fourth-order valence-electron chi connectivity index (χ4n) is 2.42. The Hall–Kier alpha value is -1.09. The van der Waals surface area contributed by atoms with Gasteiger partial charge in [0.15, 0.2) is 0 Å². The summed E-state index contributed by atoms with van der Waals surface area (Å²) >= 11 is 17.9. The van der Waals surface area contributed by atoms with Crippen molar-refractivity contribution >= 4 is 63.2 Å². The van der Waals surface area contributed by atoms with Crippen molar-refractivity contribution in [2.45, 2.75) is 42.5 Å². The quantitative estimate of drug-likeness (QED) is 0.516. The molecular formula is C16H21Cl3N2O5S. The van der Waals surface area contributed by atoms with E-state index in [2.05, 4.69) is 5.32 Å². The third-order valence-corrected chi connectivity index (χ3v) is 4.95. The van der Waals surface area contributed by atoms with Crippen molar-refractivity contribution in [1.82, 2.24) is 5.32 Å². The Bertz CT molecular complexity index is 712. The van der Waals surface area contributed by atoms with E-state index >= 15 is 0 Å². The first kappa shape index (κ1) is 22.2. The molecule has 152 valence electrons. The summed E-state index contributed by atoms with van der Waals surface area (Å²) < 4.78 is 14.2. The van der Waals surface area contributed by atoms with Crippen molar-refractivity contribution in [2.24, 2.45) is 0 Å². The fourth-order valence-corrected chi connectivity index (χ4v) is 3.72. The number of carbonyl (C=O) groups excluding carboxylic acids is 2. The lowest BCUT2D eigenvalue weighted by atomic mass is 10.00. The highest BCUT2D eigenvalue weighted by Gasteiger charge is 2.34. The molecule has 0 fully saturated rings. The number of ether oxygens (including phenoxy) is 3. The van der Waals surface area contributed by atoms with Gasteiger partial charge in [0.2, 0.25) is 3.79 Å². The van der Waals surface area contributed by atoms with Gasteiger partial charge in [-0.3, -0.25) is 0 Å². The topological polar surface area (TPSA) is 99.9 Å². The van der Waals surface area contributed by atoms with E-state index < -0.39 is 21.5 Å². The minimum Gasteiger partial charge on any atom is -0.491 e. The summed E-state index contributed by atoms with van der Waals surface area (Å²) in [7, 11) is 0. The van der Waals surface area contributed by atoms with E-state index in [1.807, 2.05) is 0 Å². The van der Waals surface area contributed by atoms with Crippen molar-refractivity contribution < 1.29 is 23.8 Å². The lowest BCUT2D eigenvalue weighted by Gasteiger charge is -2.24. The highest BCUT2D eigenvalue weighted by molar-refractivity contribution is 7.16. The number of hydrogen-bond acceptors (Lipinski definition) is 7. The number of alkyl carbamates (subject to hydrolysis) is 1. The van der Waals surface area contributed by atoms with Gasteiger partial charge in [-0.1, -0.05) is 34.8 Å². The molecule has 2 heterocycles. The first-order chi connectivity index (χ1) is 12.4. The van der Waals surface area contributed by atoms with Crippen LogP contribution in [0.1, 0.15) is 48.3 Å². The molecule has 3 N–H and O–H groups in total. The van der Waals surface area contributed by atoms with Gasteiger partial charge in [0, 0.05) is 12.5 Å². The number of amides is 1. The molecule has 0 aliphatic carbocycles. The van der Waals surface area contributed by atoms with E-state index in [9.17, 15) is 9.59 Å². The van der Waals surface area contributed by atoms with Crippen LogP contribution in [-0.4, -0.2) is 41.2 Å². The van der Waals surface area contributed by atoms with Gasteiger partial charge in [0.1, 0.15) is 28.5 Å². The standard InChI is InChI=1S/C16H21Cl3N2O5S/c1-15(2,3)26-13(22)9-10-11(27-12(9)20)8(4-5-24-10)6-21-14(23)25-7-16(17,18)19/h8H,4-7,20H2,1-3H3,(H,21,23). The van der Waals surface area contributed by atoms with Crippen LogP contribution in [-0.2, 0) is 9.47 Å². The number of nitrogen functional groups attached to an aromatic ring is 1. The smallest absolute Gasteiger partial charge is 0.407 e. The number of nitrogens with one attached hydrogen (secondary N) is 1. The molecule has 0 aromatic carbocycles. The van der Waals surface area contributed by atoms with Crippen LogP contribution in [0.25, 0.3) is 0 Å². The molecule has 0 saturated heterocycles. The van der Waals surface area contributed by atoms with Crippen molar-refractivity contribution in [3.63, 3.8) is 0 Å². The zero-order chi connectivity index (χ0) is 20.4. The highest BCUT2D eigenvalue weighted by atomic mass is 35.6. The molecule has 0 spiro atoms. The average molecular weight is 460 g/mol. The van der Waals surface area contributed by atoms with Crippen LogP contribution >= 0.6 is 46.1 Å². The molecule has 1 aromatic heterocycles. The van der Waals surface area contributed by atoms with Crippen molar-refractivity contribution in [3.05, 3.63) is 10.4 Å². The normalized spacial score (nSPS) is 16.9. The summed E-state index contributed by atoms with van der Waals surface area (Å²) in [5.41, 5.74) is 5.61. The van der Waals surface area contributed by atoms with Crippen LogP contribution in [0.15, 0.2) is 0 Å². The number of thiophene rings is 1. The summed E-state index contributed by atoms with van der Waals surface area (Å²) in [6.07, 6.45) is -0.0582. The molecule has 1 atom stereocenters. The Balaban J connectivity index is 2.07. The van der Waals surface area contributed by atoms with Gasteiger partial charge in [-0.05, 0) is 27.2 Å². The molecule has 2 rings (SSSR count). The number of fused-ring (bicyclic) bond motifs is 1. The maximum atomic E-state index is 12.5. The predicted octanol–water partition coefficient (Wildman–Crippen LogP) is 4.25. The Morgan fingerprint density at radius 1 is 1.33 bits per heavy atom. The number of nitrogens with two attached hydrogens (primary N) is 1. The van der Waals surface area contributed by atoms with Crippen LogP contribution in [0.5, 0.6) is 5.75 Å². The zero-order valence-electron chi connectivity index (χ0n) is 15.1. The van der Waals surface area contributed by atoms with Gasteiger partial charge in [-0.2, -0.15) is 0 Å². The van der Waals surface area contributed by atoms with Gasteiger partial charge in [0.05, 0.1) is 11.5 Å². The second-order valence-corrected chi connectivity index (χ2v) is 10.5. The largest absolute Gasteiger partial charge is 0.491 e. The number of halogens is 3. The van der Waals surface area contributed by atoms with Crippen LogP contribution in [0.4, 0.5) is 9.80 Å². The minimum atomic E-state index is -1.67. The van der Waals surface area contributed by atoms with E-state index in [4.69, 9.17) is 54.7 Å². The summed E-state index contributed by atoms with van der Waals surface area (Å²) in [6, 6.07) is 0. The first-order valence-corrected chi connectivity index (χ1v) is 10.1. The Kier molecular flexibility index (Phi) is 7.00. The highest BCUT2D eigenvalue weighted by Crippen LogP contribution is 2.46. The van der Waals surface area contributed by atoms with Crippen LogP contribution in [0.3, 0.4) is 0 Å². The summed E-state index contributed by atoms with van der Waals surface area (Å²) in [6.45, 7) is 5.61. The molecule has 0 saturated carbocycles. The van der Waals surface area contributed by atoms with Gasteiger partial charge in [-0.15, -0.1) is 11.3 Å². The van der Waals surface area contributed by atoms with Crippen molar-refractivity contribution in [2.75, 3.05) is 25.5 Å². The molecule has 7 nitrogen and oxygen atoms in total. The molecule has 1 amide bonds. The number of alkyl halides is 3. The van der Waals surface area contributed by atoms with E-state index in [1.54, 1.807) is 20.8 Å². The summed E-state index contributed by atoms with van der Waals surface area (Å²) in [5.74, 6) is -0.204. The van der Waals surface area contributed by atoms with Crippen molar-refractivity contribution in [3.8, 4) is 5.75 Å². The number of esters is 1. The second kappa shape index (κ2) is 8.51. The van der Waals surface area contributed by atoms with Gasteiger partial charge in [0.25, 0.3) is 0 Å². The first-order valence-electron chi connectivity index (χ1n) is 8.13. The number of carbonyl (C=O) groups is 2. The predicted molar refractivity (Wildman–Crippen MR) is 106 cm³/mol. The number of anilines is 1. The van der Waals surface area contributed by atoms with Gasteiger partial charge >= 0.3 is 12.1 Å². The molecular weight excluding hydrogens is 439 g/mol. The average Bonchev–Trinajstić information content (AvgIpc) is 2.85. The second-order valence-electron chi connectivity index (χ2n) is 6.94. The summed E-state index contributed by atoms with van der Waals surface area (Å²) in [4.78, 5) is 25.0. The molecule has 1 aliphatic heterocycles. The SMILES string of the molecule is CC(C)(C)OC(=O)c1c(N)sc2c1OCCC2CNC(=O)OCC(Cl)(Cl)Cl. The molecule has 11 heteroatoms. The third kappa shape index (κ3) is 6.48. The van der Waals surface area contributed by atoms with E-state index in [-0.39, 0.29) is 24.6 Å². The molecule has 1 aromatic rings. The monoisotopic (exact) mass is 458 g/mol. The Morgan fingerprint density at radius 2 is 2.00 bits per heavy atom. The molecule has 27 heavy (non-hydrogen) atoms. The number of hydrogen-bond donors (Lipinski definition) is 2. The van der Waals surface area contributed by atoms with Gasteiger partial charge in [-0.25, -0.2) is 9.59 Å². The lowest BCUT2D eigenvalue weighted by molar-refractivity contribution is 0.00668. The molecule has 0 bridgehead atoms. The zero-order valence-corrected chi connectivity index (χ0v) is 18.2. The summed E-state index contributed by atoms with van der Waals surface area (Å²) in [5, 5.41) is 2.94. The van der Waals surface area contributed by atoms with Crippen LogP contribution in [0, 0.1) is 0 Å².